The van der Waals surface area contributed by atoms with Crippen LogP contribution in [0.1, 0.15) is 82.4 Å². The van der Waals surface area contributed by atoms with Crippen molar-refractivity contribution in [2.24, 2.45) is 5.73 Å². The van der Waals surface area contributed by atoms with Gasteiger partial charge >= 0.3 is 7.82 Å². The minimum absolute atomic E-state index is 0.171. The highest BCUT2D eigenvalue weighted by atomic mass is 32.2. The predicted octanol–water partition coefficient (Wildman–Crippen LogP) is 6.18. The fourth-order valence-corrected chi connectivity index (χ4v) is 7.52. The van der Waals surface area contributed by atoms with E-state index in [1.807, 2.05) is 11.8 Å². The van der Waals surface area contributed by atoms with Crippen molar-refractivity contribution in [1.82, 2.24) is 4.98 Å². The molecule has 10 nitrogen and oxygen atoms in total. The van der Waals surface area contributed by atoms with E-state index in [9.17, 15) is 24.3 Å². The highest BCUT2D eigenvalue weighted by Crippen LogP contribution is 2.57. The van der Waals surface area contributed by atoms with Crippen LogP contribution in [0.15, 0.2) is 29.3 Å². The molecule has 3 rings (SSSR count). The number of nitrogens with zero attached hydrogens (tertiary/aromatic N) is 4. The molecule has 1 amide bonds. The summed E-state index contributed by atoms with van der Waals surface area (Å²) >= 11 is 0.970. The quantitative estimate of drug-likeness (QED) is 0.242. The molecular formula is C29H37FN5O5PS. The van der Waals surface area contributed by atoms with Gasteiger partial charge in [0, 0.05) is 13.1 Å². The fraction of sp³-hybridized carbons (Fsp3) is 0.517. The van der Waals surface area contributed by atoms with E-state index in [1.54, 1.807) is 41.5 Å². The van der Waals surface area contributed by atoms with E-state index in [4.69, 9.17) is 24.3 Å². The molecule has 0 spiro atoms. The van der Waals surface area contributed by atoms with E-state index in [1.165, 1.54) is 24.3 Å². The smallest absolute Gasteiger partial charge is 0.368 e. The van der Waals surface area contributed by atoms with Gasteiger partial charge in [0.1, 0.15) is 34.0 Å². The summed E-state index contributed by atoms with van der Waals surface area (Å²) in [7, 11) is -3.99. The van der Waals surface area contributed by atoms with Gasteiger partial charge in [0.2, 0.25) is 5.91 Å². The summed E-state index contributed by atoms with van der Waals surface area (Å²) in [6.45, 7) is 13.0. The number of hydrogen-bond acceptors (Lipinski definition) is 10. The van der Waals surface area contributed by atoms with Crippen molar-refractivity contribution in [1.29, 1.82) is 10.5 Å². The molecule has 1 aromatic heterocycles. The molecule has 1 unspecified atom stereocenters. The molecule has 2 N–H and O–H groups in total. The van der Waals surface area contributed by atoms with Crippen LogP contribution >= 0.6 is 19.6 Å². The van der Waals surface area contributed by atoms with Crippen LogP contribution in [0.5, 0.6) is 0 Å². The average molecular weight is 618 g/mol. The van der Waals surface area contributed by atoms with Gasteiger partial charge in [0.25, 0.3) is 0 Å². The van der Waals surface area contributed by atoms with Gasteiger partial charge < -0.3 is 10.6 Å². The molecule has 1 saturated heterocycles. The van der Waals surface area contributed by atoms with Crippen LogP contribution in [0.2, 0.25) is 0 Å². The second-order valence-electron chi connectivity index (χ2n) is 11.8. The number of carbonyl (C=O) groups excluding carboxylic acids is 1. The van der Waals surface area contributed by atoms with Crippen LogP contribution < -0.4 is 10.6 Å². The molecule has 0 aliphatic carbocycles. The molecule has 42 heavy (non-hydrogen) atoms. The number of aromatic nitrogens is 1. The fourth-order valence-electron chi connectivity index (χ4n) is 4.46. The maximum Gasteiger partial charge on any atom is 0.476 e. The van der Waals surface area contributed by atoms with E-state index >= 15 is 0 Å². The zero-order valence-electron chi connectivity index (χ0n) is 24.9. The summed E-state index contributed by atoms with van der Waals surface area (Å²) in [5.74, 6) is -0.843. The van der Waals surface area contributed by atoms with Crippen LogP contribution in [-0.4, -0.2) is 41.3 Å². The molecule has 0 radical (unpaired) electrons. The Kier molecular flexibility index (Phi) is 10.5. The first-order chi connectivity index (χ1) is 19.5. The van der Waals surface area contributed by atoms with Crippen LogP contribution in [0.4, 0.5) is 10.2 Å². The number of carbonyl (C=O) groups is 1. The average Bonchev–Trinajstić information content (AvgIpc) is 3.31. The Morgan fingerprint density at radius 3 is 2.19 bits per heavy atom. The lowest BCUT2D eigenvalue weighted by Gasteiger charge is -2.32. The van der Waals surface area contributed by atoms with Crippen molar-refractivity contribution in [3.63, 3.8) is 0 Å². The zero-order chi connectivity index (χ0) is 31.5. The monoisotopic (exact) mass is 617 g/mol. The van der Waals surface area contributed by atoms with Crippen molar-refractivity contribution < 1.29 is 27.3 Å². The lowest BCUT2D eigenvalue weighted by molar-refractivity contribution is -0.117. The third kappa shape index (κ3) is 8.53. The van der Waals surface area contributed by atoms with Crippen molar-refractivity contribution in [3.05, 3.63) is 52.3 Å². The summed E-state index contributed by atoms with van der Waals surface area (Å²) in [5, 5.41) is 19.4. The number of pyridine rings is 1. The molecule has 1 aromatic carbocycles. The molecule has 1 fully saturated rings. The van der Waals surface area contributed by atoms with Gasteiger partial charge in [-0.15, -0.1) is 0 Å². The number of anilines is 1. The lowest BCUT2D eigenvalue weighted by atomic mass is 10.0. The Morgan fingerprint density at radius 1 is 1.14 bits per heavy atom. The largest absolute Gasteiger partial charge is 0.476 e. The number of primary amides is 1. The van der Waals surface area contributed by atoms with Gasteiger partial charge in [-0.1, -0.05) is 30.8 Å². The first-order valence-corrected chi connectivity index (χ1v) is 15.9. The molecule has 1 aliphatic rings. The second-order valence-corrected chi connectivity index (χ2v) is 14.4. The Bertz CT molecular complexity index is 1420. The summed E-state index contributed by atoms with van der Waals surface area (Å²) in [4.78, 5) is 19.0. The number of benzene rings is 1. The van der Waals surface area contributed by atoms with Gasteiger partial charge in [0.05, 0.1) is 28.4 Å². The second kappa shape index (κ2) is 13.1. The Balaban J connectivity index is 2.00. The number of phosphoric acid groups is 1. The molecular weight excluding hydrogens is 580 g/mol. The van der Waals surface area contributed by atoms with Gasteiger partial charge in [-0.2, -0.15) is 10.5 Å². The standard InChI is InChI=1S/C29H37FN5O5PS/c1-8-21-22(15-31)26(34-27(23(21)16-32)42-24(25(33)36)18-9-11-19(30)12-10-18)35-14-13-20(17-35)38-41(37,39-28(2,3)4)40-29(5,6)7/h9-12,20,24H,8,13-14,17H2,1-7H3,(H2,33,36)/t20?,24-/m1/s1. The molecule has 2 aromatic rings. The molecule has 13 heteroatoms. The van der Waals surface area contributed by atoms with E-state index in [2.05, 4.69) is 12.1 Å². The third-order valence-electron chi connectivity index (χ3n) is 5.98. The number of phosphoric ester groups is 1. The Hall–Kier alpha value is -2.99. The number of nitriles is 2. The minimum atomic E-state index is -3.99. The van der Waals surface area contributed by atoms with Crippen LogP contribution in [0, 0.1) is 28.5 Å². The third-order valence-corrected chi connectivity index (χ3v) is 9.34. The minimum Gasteiger partial charge on any atom is -0.368 e. The Morgan fingerprint density at radius 2 is 1.71 bits per heavy atom. The topological polar surface area (TPSA) is 152 Å². The molecule has 226 valence electrons. The molecule has 2 heterocycles. The summed E-state index contributed by atoms with van der Waals surface area (Å²) in [5.41, 5.74) is 5.44. The maximum atomic E-state index is 13.7. The van der Waals surface area contributed by atoms with Gasteiger partial charge in [-0.25, -0.2) is 13.9 Å². The number of rotatable bonds is 10. The number of halogens is 1. The summed E-state index contributed by atoms with van der Waals surface area (Å²) in [6.07, 6.45) is 0.235. The first-order valence-electron chi connectivity index (χ1n) is 13.5. The van der Waals surface area contributed by atoms with Crippen molar-refractivity contribution in [2.45, 2.75) is 88.9 Å². The van der Waals surface area contributed by atoms with E-state index < -0.39 is 42.1 Å². The number of nitrogens with two attached hydrogens (primary N) is 1. The van der Waals surface area contributed by atoms with E-state index in [0.29, 0.717) is 36.3 Å². The number of thioether (sulfide) groups is 1. The van der Waals surface area contributed by atoms with Crippen molar-refractivity contribution >= 4 is 31.3 Å². The molecule has 0 bridgehead atoms. The zero-order valence-corrected chi connectivity index (χ0v) is 26.6. The van der Waals surface area contributed by atoms with E-state index in [-0.39, 0.29) is 22.7 Å². The highest BCUT2D eigenvalue weighted by Gasteiger charge is 2.41. The van der Waals surface area contributed by atoms with Crippen LogP contribution in [0.3, 0.4) is 0 Å². The van der Waals surface area contributed by atoms with Gasteiger partial charge in [-0.3, -0.25) is 18.4 Å². The highest BCUT2D eigenvalue weighted by molar-refractivity contribution is 8.00. The number of hydrogen-bond donors (Lipinski definition) is 1. The predicted molar refractivity (Wildman–Crippen MR) is 158 cm³/mol. The lowest BCUT2D eigenvalue weighted by Crippen LogP contribution is -2.29. The van der Waals surface area contributed by atoms with Gasteiger partial charge in [-0.05, 0) is 77.6 Å². The number of amides is 1. The summed E-state index contributed by atoms with van der Waals surface area (Å²) < 4.78 is 44.7. The SMILES string of the molecule is CCc1c(C#N)c(S[C@@H](C(N)=O)c2ccc(F)cc2)nc(N2CCC(OP(=O)(OC(C)(C)C)OC(C)(C)C)C2)c1C#N. The molecule has 2 atom stereocenters. The Labute approximate surface area is 250 Å². The van der Waals surface area contributed by atoms with Gasteiger partial charge in [0.15, 0.2) is 0 Å². The van der Waals surface area contributed by atoms with E-state index in [0.717, 1.165) is 11.8 Å². The molecule has 1 aliphatic heterocycles. The maximum absolute atomic E-state index is 13.7. The normalized spacial score (nSPS) is 16.6. The van der Waals surface area contributed by atoms with Crippen molar-refractivity contribution in [2.75, 3.05) is 18.0 Å². The molecule has 0 saturated carbocycles. The first kappa shape index (κ1) is 33.5. The summed E-state index contributed by atoms with van der Waals surface area (Å²) in [6, 6.07) is 9.68. The van der Waals surface area contributed by atoms with Crippen molar-refractivity contribution in [3.8, 4) is 12.1 Å². The van der Waals surface area contributed by atoms with Crippen LogP contribution in [0.25, 0.3) is 0 Å². The van der Waals surface area contributed by atoms with Crippen LogP contribution in [-0.2, 0) is 29.4 Å².